The van der Waals surface area contributed by atoms with Crippen molar-refractivity contribution in [3.05, 3.63) is 57.8 Å². The first-order chi connectivity index (χ1) is 8.99. The van der Waals surface area contributed by atoms with E-state index in [-0.39, 0.29) is 11.6 Å². The number of benzene rings is 2. The number of nitrogen functional groups attached to an aromatic ring is 1. The number of halogens is 2. The first-order valence-corrected chi connectivity index (χ1v) is 6.40. The lowest BCUT2D eigenvalue weighted by atomic mass is 10.1. The molecule has 0 fully saturated rings. The van der Waals surface area contributed by atoms with E-state index in [1.807, 2.05) is 19.1 Å². The Balaban J connectivity index is 2.26. The molecule has 2 rings (SSSR count). The quantitative estimate of drug-likeness (QED) is 0.828. The standard InChI is InChI=1S/C14H12BrFN2O/c1-8-3-2-4-12(13(8)15)18-14(19)9-5-6-10(16)11(17)7-9/h2-7H,17H2,1H3,(H,18,19). The summed E-state index contributed by atoms with van der Waals surface area (Å²) in [5.74, 6) is -0.869. The van der Waals surface area contributed by atoms with Crippen molar-refractivity contribution >= 4 is 33.2 Å². The summed E-state index contributed by atoms with van der Waals surface area (Å²) in [6, 6.07) is 9.43. The van der Waals surface area contributed by atoms with E-state index in [4.69, 9.17) is 5.73 Å². The number of anilines is 2. The molecule has 0 aliphatic heterocycles. The van der Waals surface area contributed by atoms with Crippen molar-refractivity contribution in [3.63, 3.8) is 0 Å². The van der Waals surface area contributed by atoms with E-state index < -0.39 is 5.82 Å². The van der Waals surface area contributed by atoms with Crippen LogP contribution in [-0.2, 0) is 0 Å². The lowest BCUT2D eigenvalue weighted by molar-refractivity contribution is 0.102. The molecule has 0 radical (unpaired) electrons. The molecular weight excluding hydrogens is 311 g/mol. The Bertz CT molecular complexity index is 643. The summed E-state index contributed by atoms with van der Waals surface area (Å²) in [4.78, 5) is 12.0. The summed E-state index contributed by atoms with van der Waals surface area (Å²) in [7, 11) is 0. The molecule has 19 heavy (non-hydrogen) atoms. The topological polar surface area (TPSA) is 55.1 Å². The fourth-order valence-electron chi connectivity index (χ4n) is 1.62. The predicted molar refractivity (Wildman–Crippen MR) is 77.6 cm³/mol. The molecule has 0 bridgehead atoms. The zero-order chi connectivity index (χ0) is 14.0. The summed E-state index contributed by atoms with van der Waals surface area (Å²) in [6.07, 6.45) is 0. The second kappa shape index (κ2) is 5.40. The van der Waals surface area contributed by atoms with Gasteiger partial charge in [0.05, 0.1) is 11.4 Å². The van der Waals surface area contributed by atoms with E-state index in [1.165, 1.54) is 18.2 Å². The van der Waals surface area contributed by atoms with Gasteiger partial charge in [-0.25, -0.2) is 4.39 Å². The molecule has 2 aromatic rings. The highest BCUT2D eigenvalue weighted by Gasteiger charge is 2.10. The Kier molecular flexibility index (Phi) is 3.85. The summed E-state index contributed by atoms with van der Waals surface area (Å²) in [5, 5.41) is 2.75. The summed E-state index contributed by atoms with van der Waals surface area (Å²) >= 11 is 3.41. The van der Waals surface area contributed by atoms with Gasteiger partial charge in [-0.1, -0.05) is 12.1 Å². The molecule has 0 aromatic heterocycles. The van der Waals surface area contributed by atoms with Crippen LogP contribution >= 0.6 is 15.9 Å². The van der Waals surface area contributed by atoms with Crippen LogP contribution in [0, 0.1) is 12.7 Å². The van der Waals surface area contributed by atoms with Crippen molar-refractivity contribution in [2.24, 2.45) is 0 Å². The van der Waals surface area contributed by atoms with Crippen molar-refractivity contribution in [1.82, 2.24) is 0 Å². The van der Waals surface area contributed by atoms with Gasteiger partial charge in [0.15, 0.2) is 0 Å². The molecule has 2 aromatic carbocycles. The van der Waals surface area contributed by atoms with Crippen molar-refractivity contribution in [3.8, 4) is 0 Å². The van der Waals surface area contributed by atoms with Gasteiger partial charge in [0.1, 0.15) is 5.82 Å². The molecule has 5 heteroatoms. The van der Waals surface area contributed by atoms with E-state index in [9.17, 15) is 9.18 Å². The minimum atomic E-state index is -0.534. The lowest BCUT2D eigenvalue weighted by Crippen LogP contribution is -2.13. The van der Waals surface area contributed by atoms with E-state index in [2.05, 4.69) is 21.2 Å². The molecule has 0 saturated carbocycles. The molecule has 0 aliphatic carbocycles. The average Bonchev–Trinajstić information content (AvgIpc) is 2.38. The second-order valence-electron chi connectivity index (χ2n) is 4.13. The average molecular weight is 323 g/mol. The number of carbonyl (C=O) groups excluding carboxylic acids is 1. The highest BCUT2D eigenvalue weighted by Crippen LogP contribution is 2.26. The molecule has 3 N–H and O–H groups in total. The number of rotatable bonds is 2. The Labute approximate surface area is 118 Å². The first-order valence-electron chi connectivity index (χ1n) is 5.60. The molecule has 0 unspecified atom stereocenters. The molecule has 0 spiro atoms. The maximum absolute atomic E-state index is 13.0. The van der Waals surface area contributed by atoms with E-state index in [0.29, 0.717) is 11.3 Å². The predicted octanol–water partition coefficient (Wildman–Crippen LogP) is 3.73. The Morgan fingerprint density at radius 1 is 1.32 bits per heavy atom. The van der Waals surface area contributed by atoms with Crippen LogP contribution in [0.5, 0.6) is 0 Å². The van der Waals surface area contributed by atoms with Gasteiger partial charge < -0.3 is 11.1 Å². The third kappa shape index (κ3) is 2.93. The highest BCUT2D eigenvalue weighted by atomic mass is 79.9. The zero-order valence-corrected chi connectivity index (χ0v) is 11.8. The lowest BCUT2D eigenvalue weighted by Gasteiger charge is -2.09. The fraction of sp³-hybridized carbons (Fsp3) is 0.0714. The van der Waals surface area contributed by atoms with Gasteiger partial charge in [-0.2, -0.15) is 0 Å². The fourth-order valence-corrected chi connectivity index (χ4v) is 1.99. The summed E-state index contributed by atoms with van der Waals surface area (Å²) in [6.45, 7) is 1.93. The first kappa shape index (κ1) is 13.5. The minimum Gasteiger partial charge on any atom is -0.396 e. The van der Waals surface area contributed by atoms with Crippen LogP contribution < -0.4 is 11.1 Å². The zero-order valence-electron chi connectivity index (χ0n) is 10.2. The number of carbonyl (C=O) groups is 1. The molecule has 3 nitrogen and oxygen atoms in total. The third-order valence-electron chi connectivity index (χ3n) is 2.70. The minimum absolute atomic E-state index is 0.0454. The van der Waals surface area contributed by atoms with Crippen LogP contribution in [-0.4, -0.2) is 5.91 Å². The van der Waals surface area contributed by atoms with E-state index in [1.54, 1.807) is 6.07 Å². The summed E-state index contributed by atoms with van der Waals surface area (Å²) < 4.78 is 13.9. The number of amides is 1. The number of aryl methyl sites for hydroxylation is 1. The van der Waals surface area contributed by atoms with Crippen molar-refractivity contribution in [2.75, 3.05) is 11.1 Å². The van der Waals surface area contributed by atoms with E-state index >= 15 is 0 Å². The van der Waals surface area contributed by atoms with Gasteiger partial charge in [-0.05, 0) is 52.7 Å². The van der Waals surface area contributed by atoms with Crippen LogP contribution in [0.3, 0.4) is 0 Å². The van der Waals surface area contributed by atoms with Gasteiger partial charge in [0.25, 0.3) is 5.91 Å². The SMILES string of the molecule is Cc1cccc(NC(=O)c2ccc(F)c(N)c2)c1Br. The van der Waals surface area contributed by atoms with Gasteiger partial charge in [0, 0.05) is 10.0 Å². The van der Waals surface area contributed by atoms with Gasteiger partial charge in [0.2, 0.25) is 0 Å². The van der Waals surface area contributed by atoms with Crippen LogP contribution in [0.1, 0.15) is 15.9 Å². The molecule has 0 saturated heterocycles. The second-order valence-corrected chi connectivity index (χ2v) is 4.92. The van der Waals surface area contributed by atoms with Crippen LogP contribution in [0.25, 0.3) is 0 Å². The maximum atomic E-state index is 13.0. The number of hydrogen-bond donors (Lipinski definition) is 2. The summed E-state index contributed by atoms with van der Waals surface area (Å²) in [5.41, 5.74) is 7.38. The maximum Gasteiger partial charge on any atom is 0.255 e. The van der Waals surface area contributed by atoms with Crippen LogP contribution in [0.4, 0.5) is 15.8 Å². The molecule has 98 valence electrons. The van der Waals surface area contributed by atoms with Crippen molar-refractivity contribution in [2.45, 2.75) is 6.92 Å². The smallest absolute Gasteiger partial charge is 0.255 e. The molecule has 1 amide bonds. The molecule has 0 heterocycles. The van der Waals surface area contributed by atoms with Crippen molar-refractivity contribution in [1.29, 1.82) is 0 Å². The van der Waals surface area contributed by atoms with Gasteiger partial charge in [-0.15, -0.1) is 0 Å². The Morgan fingerprint density at radius 3 is 2.74 bits per heavy atom. The van der Waals surface area contributed by atoms with Crippen molar-refractivity contribution < 1.29 is 9.18 Å². The number of nitrogens with two attached hydrogens (primary N) is 1. The van der Waals surface area contributed by atoms with Gasteiger partial charge >= 0.3 is 0 Å². The van der Waals surface area contributed by atoms with E-state index in [0.717, 1.165) is 10.0 Å². The van der Waals surface area contributed by atoms with Gasteiger partial charge in [-0.3, -0.25) is 4.79 Å². The van der Waals surface area contributed by atoms with Crippen LogP contribution in [0.15, 0.2) is 40.9 Å². The third-order valence-corrected chi connectivity index (χ3v) is 3.75. The molecule has 0 atom stereocenters. The monoisotopic (exact) mass is 322 g/mol. The normalized spacial score (nSPS) is 10.3. The highest BCUT2D eigenvalue weighted by molar-refractivity contribution is 9.10. The molecular formula is C14H12BrFN2O. The molecule has 0 aliphatic rings. The van der Waals surface area contributed by atoms with Crippen LogP contribution in [0.2, 0.25) is 0 Å². The Hall–Kier alpha value is -1.88. The number of hydrogen-bond acceptors (Lipinski definition) is 2. The number of nitrogens with one attached hydrogen (secondary N) is 1. The Morgan fingerprint density at radius 2 is 2.05 bits per heavy atom. The largest absolute Gasteiger partial charge is 0.396 e.